The monoisotopic (exact) mass is 483 g/mol. The van der Waals surface area contributed by atoms with Gasteiger partial charge in [0.2, 0.25) is 5.91 Å². The number of nitrogens with zero attached hydrogens (tertiary/aromatic N) is 3. The first-order valence-corrected chi connectivity index (χ1v) is 12.0. The maximum atomic E-state index is 13.4. The van der Waals surface area contributed by atoms with Gasteiger partial charge >= 0.3 is 6.03 Å². The van der Waals surface area contributed by atoms with E-state index in [4.69, 9.17) is 4.84 Å². The Morgan fingerprint density at radius 1 is 0.972 bits per heavy atom. The molecule has 1 saturated heterocycles. The first-order chi connectivity index (χ1) is 17.5. The van der Waals surface area contributed by atoms with Crippen molar-refractivity contribution in [1.29, 1.82) is 0 Å². The van der Waals surface area contributed by atoms with E-state index in [9.17, 15) is 9.59 Å². The zero-order chi connectivity index (χ0) is 25.2. The zero-order valence-corrected chi connectivity index (χ0v) is 20.6. The third-order valence-corrected chi connectivity index (χ3v) is 6.57. The van der Waals surface area contributed by atoms with Crippen LogP contribution in [0.3, 0.4) is 0 Å². The highest BCUT2D eigenvalue weighted by molar-refractivity contribution is 6.11. The van der Waals surface area contributed by atoms with Crippen LogP contribution in [-0.4, -0.2) is 46.8 Å². The number of carbonyl (C=O) groups excluding carboxylic acids is 2. The van der Waals surface area contributed by atoms with E-state index in [0.29, 0.717) is 23.5 Å². The van der Waals surface area contributed by atoms with Crippen LogP contribution in [0.5, 0.6) is 0 Å². The number of urea groups is 1. The molecule has 0 bridgehead atoms. The van der Waals surface area contributed by atoms with Crippen molar-refractivity contribution >= 4 is 50.8 Å². The minimum Gasteiger partial charge on any atom is -0.399 e. The van der Waals surface area contributed by atoms with Crippen LogP contribution >= 0.6 is 0 Å². The molecule has 8 heteroatoms. The normalized spacial score (nSPS) is 16.6. The maximum absolute atomic E-state index is 13.4. The van der Waals surface area contributed by atoms with Crippen molar-refractivity contribution in [2.75, 3.05) is 24.3 Å². The Morgan fingerprint density at radius 3 is 2.53 bits per heavy atom. The minimum absolute atomic E-state index is 0.215. The van der Waals surface area contributed by atoms with Gasteiger partial charge in [0.05, 0.1) is 12.3 Å². The Kier molecular flexibility index (Phi) is 6.33. The van der Waals surface area contributed by atoms with Crippen molar-refractivity contribution in [2.45, 2.75) is 32.9 Å². The maximum Gasteiger partial charge on any atom is 0.322 e. The molecular weight excluding hydrogens is 454 g/mol. The number of fused-ring (bicyclic) bond motifs is 3. The molecule has 184 valence electrons. The van der Waals surface area contributed by atoms with E-state index in [-0.39, 0.29) is 18.5 Å². The van der Waals surface area contributed by atoms with Gasteiger partial charge in [-0.3, -0.25) is 4.79 Å². The van der Waals surface area contributed by atoms with Crippen LogP contribution in [0.15, 0.2) is 71.9 Å². The van der Waals surface area contributed by atoms with Crippen LogP contribution in [0.25, 0.3) is 21.8 Å². The Labute approximate surface area is 209 Å². The highest BCUT2D eigenvalue weighted by atomic mass is 16.6. The molecule has 4 aromatic rings. The van der Waals surface area contributed by atoms with E-state index < -0.39 is 6.04 Å². The number of hydrogen-bond donors (Lipinski definition) is 2. The average molecular weight is 484 g/mol. The van der Waals surface area contributed by atoms with Crippen molar-refractivity contribution in [3.63, 3.8) is 0 Å². The van der Waals surface area contributed by atoms with Crippen LogP contribution < -0.4 is 10.6 Å². The second kappa shape index (κ2) is 9.73. The summed E-state index contributed by atoms with van der Waals surface area (Å²) < 4.78 is 2.26. The quantitative estimate of drug-likeness (QED) is 0.374. The third kappa shape index (κ3) is 4.37. The molecule has 0 radical (unpaired) electrons. The molecule has 3 aromatic carbocycles. The Balaban J connectivity index is 1.41. The summed E-state index contributed by atoms with van der Waals surface area (Å²) in [5, 5.41) is 12.2. The molecule has 0 saturated carbocycles. The van der Waals surface area contributed by atoms with Crippen LogP contribution in [0, 0.1) is 6.92 Å². The van der Waals surface area contributed by atoms with Gasteiger partial charge in [0.15, 0.2) is 0 Å². The van der Waals surface area contributed by atoms with Crippen LogP contribution in [-0.2, 0) is 16.2 Å². The SMILES string of the molecule is CCn1c2ccccc2c2cc(NC(=O)[C@@H]3CC(=NOC)CN3C(=O)Nc3cccc(C)c3)ccc21. The Bertz CT molecular complexity index is 1490. The molecule has 1 aliphatic rings. The van der Waals surface area contributed by atoms with Gasteiger partial charge in [-0.1, -0.05) is 35.5 Å². The van der Waals surface area contributed by atoms with Crippen molar-refractivity contribution in [3.8, 4) is 0 Å². The standard InChI is InChI=1S/C28H29N5O3/c1-4-32-24-11-6-5-10-22(24)23-15-20(12-13-25(23)32)29-27(34)26-16-21(31-36-3)17-33(26)28(35)30-19-9-7-8-18(2)14-19/h5-15,26H,4,16-17H2,1-3H3,(H,29,34)(H,30,35)/t26-/m0/s1. The van der Waals surface area contributed by atoms with E-state index >= 15 is 0 Å². The number of nitrogens with one attached hydrogen (secondary N) is 2. The molecule has 36 heavy (non-hydrogen) atoms. The lowest BCUT2D eigenvalue weighted by molar-refractivity contribution is -0.119. The number of rotatable bonds is 5. The number of para-hydroxylation sites is 1. The van der Waals surface area contributed by atoms with Gasteiger partial charge in [-0.15, -0.1) is 0 Å². The van der Waals surface area contributed by atoms with Gasteiger partial charge in [-0.25, -0.2) is 4.79 Å². The number of oxime groups is 1. The molecule has 1 atom stereocenters. The van der Waals surface area contributed by atoms with Gasteiger partial charge in [0.1, 0.15) is 13.2 Å². The summed E-state index contributed by atoms with van der Waals surface area (Å²) in [6.07, 6.45) is 0.304. The summed E-state index contributed by atoms with van der Waals surface area (Å²) >= 11 is 0. The first kappa shape index (κ1) is 23.4. The molecule has 2 N–H and O–H groups in total. The fourth-order valence-corrected chi connectivity index (χ4v) is 4.96. The predicted octanol–water partition coefficient (Wildman–Crippen LogP) is 5.37. The fourth-order valence-electron chi connectivity index (χ4n) is 4.96. The van der Waals surface area contributed by atoms with Gasteiger partial charge in [-0.2, -0.15) is 0 Å². The molecule has 0 unspecified atom stereocenters. The number of amides is 3. The van der Waals surface area contributed by atoms with Gasteiger partial charge in [0.25, 0.3) is 0 Å². The first-order valence-electron chi connectivity index (χ1n) is 12.0. The molecular formula is C28H29N5O3. The van der Waals surface area contributed by atoms with Crippen LogP contribution in [0.2, 0.25) is 0 Å². The summed E-state index contributed by atoms with van der Waals surface area (Å²) in [6.45, 7) is 5.15. The number of benzene rings is 3. The number of aryl methyl sites for hydroxylation is 2. The lowest BCUT2D eigenvalue weighted by Crippen LogP contribution is -2.45. The summed E-state index contributed by atoms with van der Waals surface area (Å²) in [4.78, 5) is 33.0. The molecule has 1 aliphatic heterocycles. The van der Waals surface area contributed by atoms with Crippen molar-refractivity contribution in [2.24, 2.45) is 5.16 Å². The lowest BCUT2D eigenvalue weighted by atomic mass is 10.1. The van der Waals surface area contributed by atoms with Gasteiger partial charge in [-0.05, 0) is 55.8 Å². The summed E-state index contributed by atoms with van der Waals surface area (Å²) in [6, 6.07) is 20.7. The van der Waals surface area contributed by atoms with Crippen molar-refractivity contribution in [3.05, 3.63) is 72.3 Å². The summed E-state index contributed by atoms with van der Waals surface area (Å²) in [5.74, 6) is -0.269. The molecule has 5 rings (SSSR count). The number of aromatic nitrogens is 1. The van der Waals surface area contributed by atoms with E-state index in [1.54, 1.807) is 0 Å². The highest BCUT2D eigenvalue weighted by Gasteiger charge is 2.38. The number of anilines is 2. The number of hydrogen-bond acceptors (Lipinski definition) is 4. The van der Waals surface area contributed by atoms with E-state index in [1.165, 1.54) is 12.0 Å². The predicted molar refractivity (Wildman–Crippen MR) is 144 cm³/mol. The second-order valence-corrected chi connectivity index (χ2v) is 8.97. The number of likely N-dealkylation sites (tertiary alicyclic amines) is 1. The smallest absolute Gasteiger partial charge is 0.322 e. The fraction of sp³-hybridized carbons (Fsp3) is 0.250. The van der Waals surface area contributed by atoms with Crippen LogP contribution in [0.4, 0.5) is 16.2 Å². The van der Waals surface area contributed by atoms with Crippen LogP contribution in [0.1, 0.15) is 18.9 Å². The van der Waals surface area contributed by atoms with Crippen molar-refractivity contribution < 1.29 is 14.4 Å². The second-order valence-electron chi connectivity index (χ2n) is 8.97. The zero-order valence-electron chi connectivity index (χ0n) is 20.6. The van der Waals surface area contributed by atoms with Crippen molar-refractivity contribution in [1.82, 2.24) is 9.47 Å². The molecule has 0 aliphatic carbocycles. The third-order valence-electron chi connectivity index (χ3n) is 6.57. The molecule has 1 aromatic heterocycles. The van der Waals surface area contributed by atoms with Gasteiger partial charge < -0.3 is 24.9 Å². The van der Waals surface area contributed by atoms with E-state index in [0.717, 1.165) is 33.9 Å². The topological polar surface area (TPSA) is 88.0 Å². The molecule has 0 spiro atoms. The largest absolute Gasteiger partial charge is 0.399 e. The highest BCUT2D eigenvalue weighted by Crippen LogP contribution is 2.31. The number of carbonyl (C=O) groups is 2. The van der Waals surface area contributed by atoms with Gasteiger partial charge in [0, 0.05) is 46.1 Å². The Hall–Kier alpha value is -4.33. The lowest BCUT2D eigenvalue weighted by Gasteiger charge is -2.23. The Morgan fingerprint density at radius 2 is 1.75 bits per heavy atom. The van der Waals surface area contributed by atoms with E-state index in [1.807, 2.05) is 61.5 Å². The minimum atomic E-state index is -0.712. The molecule has 2 heterocycles. The summed E-state index contributed by atoms with van der Waals surface area (Å²) in [5.41, 5.74) is 5.31. The molecule has 8 nitrogen and oxygen atoms in total. The van der Waals surface area contributed by atoms with E-state index in [2.05, 4.69) is 39.4 Å². The molecule has 1 fully saturated rings. The molecule has 3 amide bonds. The summed E-state index contributed by atoms with van der Waals surface area (Å²) in [7, 11) is 1.46. The average Bonchev–Trinajstić information content (AvgIpc) is 3.43.